The fourth-order valence-corrected chi connectivity index (χ4v) is 3.31. The summed E-state index contributed by atoms with van der Waals surface area (Å²) < 4.78 is 5.36. The van der Waals surface area contributed by atoms with E-state index in [2.05, 4.69) is 31.6 Å². The van der Waals surface area contributed by atoms with Crippen LogP contribution in [0.3, 0.4) is 0 Å². The zero-order valence-corrected chi connectivity index (χ0v) is 14.7. The first-order valence-corrected chi connectivity index (χ1v) is 9.12. The van der Waals surface area contributed by atoms with E-state index in [4.69, 9.17) is 10.9 Å². The van der Waals surface area contributed by atoms with Crippen LogP contribution in [0.15, 0.2) is 14.8 Å². The van der Waals surface area contributed by atoms with Crippen LogP contribution in [-0.4, -0.2) is 21.7 Å². The molecular formula is C18H25N5O2. The molecule has 1 atom stereocenters. The zero-order chi connectivity index (χ0) is 17.7. The van der Waals surface area contributed by atoms with Gasteiger partial charge in [-0.05, 0) is 19.8 Å². The largest absolute Gasteiger partial charge is 0.345 e. The Morgan fingerprint density at radius 1 is 1.36 bits per heavy atom. The van der Waals surface area contributed by atoms with Crippen LogP contribution in [0.2, 0.25) is 0 Å². The molecule has 1 amide bonds. The van der Waals surface area contributed by atoms with Crippen LogP contribution < -0.4 is 5.32 Å². The van der Waals surface area contributed by atoms with E-state index in [0.29, 0.717) is 37.5 Å². The average molecular weight is 343 g/mol. The monoisotopic (exact) mass is 343 g/mol. The van der Waals surface area contributed by atoms with Crippen molar-refractivity contribution >= 4 is 5.91 Å². The molecule has 7 nitrogen and oxygen atoms in total. The first kappa shape index (κ1) is 17.6. The van der Waals surface area contributed by atoms with Crippen molar-refractivity contribution in [1.29, 1.82) is 0 Å². The Labute approximate surface area is 148 Å². The molecule has 3 rings (SSSR count). The Balaban J connectivity index is 1.45. The number of amides is 1. The normalized spacial score (nSPS) is 20.0. The van der Waals surface area contributed by atoms with Crippen molar-refractivity contribution < 1.29 is 9.32 Å². The van der Waals surface area contributed by atoms with Gasteiger partial charge in [-0.25, -0.2) is 0 Å². The van der Waals surface area contributed by atoms with Gasteiger partial charge in [0.1, 0.15) is 6.04 Å². The Morgan fingerprint density at radius 2 is 2.12 bits per heavy atom. The van der Waals surface area contributed by atoms with E-state index in [1.165, 1.54) is 19.3 Å². The van der Waals surface area contributed by atoms with Gasteiger partial charge in [0.25, 0.3) is 0 Å². The Morgan fingerprint density at radius 3 is 2.80 bits per heavy atom. The van der Waals surface area contributed by atoms with Gasteiger partial charge < -0.3 is 9.84 Å². The van der Waals surface area contributed by atoms with Gasteiger partial charge in [0.05, 0.1) is 0 Å². The summed E-state index contributed by atoms with van der Waals surface area (Å²) in [7, 11) is 0. The van der Waals surface area contributed by atoms with Gasteiger partial charge in [-0.15, -0.1) is 12.3 Å². The third-order valence-corrected chi connectivity index (χ3v) is 4.98. The fraction of sp³-hybridized carbons (Fsp3) is 0.722. The minimum absolute atomic E-state index is 0.0673. The molecule has 1 unspecified atom stereocenters. The molecule has 1 aliphatic heterocycles. The van der Waals surface area contributed by atoms with Crippen molar-refractivity contribution in [1.82, 2.24) is 15.5 Å². The summed E-state index contributed by atoms with van der Waals surface area (Å²) in [6.07, 6.45) is 13.5. The van der Waals surface area contributed by atoms with Crippen LogP contribution in [0.4, 0.5) is 0 Å². The molecule has 1 saturated carbocycles. The Kier molecular flexibility index (Phi) is 5.47. The topological polar surface area (TPSA) is 92.7 Å². The molecule has 1 N–H and O–H groups in total. The van der Waals surface area contributed by atoms with Crippen LogP contribution in [0.25, 0.3) is 0 Å². The highest BCUT2D eigenvalue weighted by Crippen LogP contribution is 2.37. The predicted molar refractivity (Wildman–Crippen MR) is 91.6 cm³/mol. The summed E-state index contributed by atoms with van der Waals surface area (Å²) in [6.45, 7) is 1.86. The molecule has 0 saturated heterocycles. The molecule has 1 aromatic heterocycles. The zero-order valence-electron chi connectivity index (χ0n) is 14.7. The van der Waals surface area contributed by atoms with E-state index in [1.807, 2.05) is 6.92 Å². The first-order chi connectivity index (χ1) is 12.1. The minimum Gasteiger partial charge on any atom is -0.345 e. The summed E-state index contributed by atoms with van der Waals surface area (Å²) in [5.41, 5.74) is -0.425. The lowest BCUT2D eigenvalue weighted by Gasteiger charge is -2.17. The number of carbonyl (C=O) groups excluding carboxylic acids is 1. The molecular weight excluding hydrogens is 318 g/mol. The number of terminal acetylenes is 1. The van der Waals surface area contributed by atoms with Crippen molar-refractivity contribution in [3.8, 4) is 12.3 Å². The highest BCUT2D eigenvalue weighted by Gasteiger charge is 2.39. The smallest absolute Gasteiger partial charge is 0.248 e. The van der Waals surface area contributed by atoms with Crippen molar-refractivity contribution in [2.75, 3.05) is 0 Å². The van der Waals surface area contributed by atoms with Crippen LogP contribution in [-0.2, 0) is 4.79 Å². The summed E-state index contributed by atoms with van der Waals surface area (Å²) in [6, 6.07) is -0.299. The maximum atomic E-state index is 12.2. The van der Waals surface area contributed by atoms with Crippen LogP contribution in [0.5, 0.6) is 0 Å². The molecule has 0 radical (unpaired) electrons. The second-order valence-corrected chi connectivity index (χ2v) is 7.00. The molecule has 0 bridgehead atoms. The van der Waals surface area contributed by atoms with Gasteiger partial charge >= 0.3 is 0 Å². The maximum Gasteiger partial charge on any atom is 0.248 e. The average Bonchev–Trinajstić information content (AvgIpc) is 3.23. The van der Waals surface area contributed by atoms with Crippen molar-refractivity contribution in [2.24, 2.45) is 10.2 Å². The molecule has 1 aliphatic carbocycles. The van der Waals surface area contributed by atoms with Gasteiger partial charge in [0, 0.05) is 31.6 Å². The summed E-state index contributed by atoms with van der Waals surface area (Å²) in [5.74, 6) is 4.16. The second kappa shape index (κ2) is 7.77. The van der Waals surface area contributed by atoms with E-state index in [0.717, 1.165) is 18.7 Å². The van der Waals surface area contributed by atoms with Gasteiger partial charge in [0.15, 0.2) is 11.5 Å². The lowest BCUT2D eigenvalue weighted by atomic mass is 9.89. The number of hydrogen-bond acceptors (Lipinski definition) is 6. The number of nitrogens with zero attached hydrogens (tertiary/aromatic N) is 4. The third kappa shape index (κ3) is 4.65. The van der Waals surface area contributed by atoms with Crippen molar-refractivity contribution in [2.45, 2.75) is 82.3 Å². The maximum absolute atomic E-state index is 12.2. The van der Waals surface area contributed by atoms with Crippen LogP contribution >= 0.6 is 0 Å². The first-order valence-electron chi connectivity index (χ1n) is 9.12. The molecule has 134 valence electrons. The van der Waals surface area contributed by atoms with Gasteiger partial charge in [0.2, 0.25) is 11.8 Å². The van der Waals surface area contributed by atoms with E-state index < -0.39 is 5.66 Å². The summed E-state index contributed by atoms with van der Waals surface area (Å²) >= 11 is 0. The van der Waals surface area contributed by atoms with E-state index in [9.17, 15) is 4.79 Å². The van der Waals surface area contributed by atoms with Gasteiger partial charge in [-0.2, -0.15) is 15.2 Å². The van der Waals surface area contributed by atoms with E-state index in [-0.39, 0.29) is 11.9 Å². The molecule has 25 heavy (non-hydrogen) atoms. The standard InChI is InChI=1S/C18H25N5O2/c1-3-4-11-18(22-23-18)12-10-15(24)19-13(2)17-20-16(21-25-17)14-8-6-5-7-9-14/h1,13-14H,4-12H2,2H3,(H,19,24). The Hall–Kier alpha value is -2.23. The second-order valence-electron chi connectivity index (χ2n) is 7.00. The van der Waals surface area contributed by atoms with E-state index >= 15 is 0 Å². The lowest BCUT2D eigenvalue weighted by molar-refractivity contribution is -0.122. The highest BCUT2D eigenvalue weighted by molar-refractivity contribution is 5.76. The highest BCUT2D eigenvalue weighted by atomic mass is 16.5. The quantitative estimate of drug-likeness (QED) is 0.729. The number of nitrogens with one attached hydrogen (secondary N) is 1. The molecule has 2 heterocycles. The van der Waals surface area contributed by atoms with Crippen LogP contribution in [0, 0.1) is 12.3 Å². The van der Waals surface area contributed by atoms with Crippen molar-refractivity contribution in [3.05, 3.63) is 11.7 Å². The van der Waals surface area contributed by atoms with E-state index in [1.54, 1.807) is 0 Å². The fourth-order valence-electron chi connectivity index (χ4n) is 3.31. The Bertz CT molecular complexity index is 663. The molecule has 1 aromatic rings. The van der Waals surface area contributed by atoms with Gasteiger partial charge in [-0.1, -0.05) is 24.4 Å². The number of hydrogen-bond donors (Lipinski definition) is 1. The molecule has 0 spiro atoms. The minimum atomic E-state index is -0.425. The molecule has 7 heteroatoms. The molecule has 0 aromatic carbocycles. The number of aromatic nitrogens is 2. The van der Waals surface area contributed by atoms with Crippen LogP contribution in [0.1, 0.15) is 88.4 Å². The summed E-state index contributed by atoms with van der Waals surface area (Å²) in [5, 5.41) is 15.1. The number of carbonyl (C=O) groups is 1. The lowest BCUT2D eigenvalue weighted by Crippen LogP contribution is -2.28. The molecule has 2 aliphatic rings. The predicted octanol–water partition coefficient (Wildman–Crippen LogP) is 3.65. The number of rotatable bonds is 8. The van der Waals surface area contributed by atoms with Gasteiger partial charge in [-0.3, -0.25) is 4.79 Å². The third-order valence-electron chi connectivity index (χ3n) is 4.98. The SMILES string of the molecule is C#CCCC1(CCC(=O)NC(C)c2nc(C3CCCCC3)no2)N=N1. The summed E-state index contributed by atoms with van der Waals surface area (Å²) in [4.78, 5) is 16.7. The van der Waals surface area contributed by atoms with Crippen molar-refractivity contribution in [3.63, 3.8) is 0 Å². The molecule has 1 fully saturated rings.